The van der Waals surface area contributed by atoms with Gasteiger partial charge in [-0.1, -0.05) is 25.1 Å². The largest absolute Gasteiger partial charge is 0.481 e. The number of hydrogen-bond acceptors (Lipinski definition) is 3. The van der Waals surface area contributed by atoms with Gasteiger partial charge in [0.25, 0.3) is 0 Å². The van der Waals surface area contributed by atoms with Gasteiger partial charge < -0.3 is 9.52 Å². The van der Waals surface area contributed by atoms with E-state index in [9.17, 15) is 9.59 Å². The molecule has 0 spiro atoms. The monoisotopic (exact) mass is 261 g/mol. The zero-order valence-electron chi connectivity index (χ0n) is 10.6. The van der Waals surface area contributed by atoms with Gasteiger partial charge in [-0.2, -0.15) is 0 Å². The molecule has 100 valence electrons. The number of aliphatic carboxylic acids is 1. The van der Waals surface area contributed by atoms with Crippen molar-refractivity contribution in [3.8, 4) is 0 Å². The molecule has 1 atom stereocenters. The first-order chi connectivity index (χ1) is 9.06. The summed E-state index contributed by atoms with van der Waals surface area (Å²) in [4.78, 5) is 24.2. The number of benzene rings is 1. The Bertz CT molecular complexity index is 665. The number of oxazole rings is 1. The summed E-state index contributed by atoms with van der Waals surface area (Å²) in [5.74, 6) is -1.58. The van der Waals surface area contributed by atoms with E-state index >= 15 is 0 Å². The molecule has 19 heavy (non-hydrogen) atoms. The minimum atomic E-state index is -0.774. The summed E-state index contributed by atoms with van der Waals surface area (Å²) in [6.45, 7) is 1.69. The number of H-pyrrole nitrogens is 1. The summed E-state index contributed by atoms with van der Waals surface area (Å²) in [5.41, 5.74) is 2.10. The van der Waals surface area contributed by atoms with Gasteiger partial charge in [0.15, 0.2) is 5.58 Å². The Labute approximate surface area is 109 Å². The molecule has 2 N–H and O–H groups in total. The van der Waals surface area contributed by atoms with E-state index in [1.165, 1.54) is 0 Å². The molecule has 0 saturated heterocycles. The van der Waals surface area contributed by atoms with E-state index in [1.807, 2.05) is 18.2 Å². The lowest BCUT2D eigenvalue weighted by Crippen LogP contribution is -2.08. The minimum absolute atomic E-state index is 0.338. The van der Waals surface area contributed by atoms with Crippen molar-refractivity contribution in [2.75, 3.05) is 0 Å². The quantitative estimate of drug-likeness (QED) is 0.866. The van der Waals surface area contributed by atoms with Crippen LogP contribution in [0.5, 0.6) is 0 Å². The molecule has 2 aromatic rings. The lowest BCUT2D eigenvalue weighted by Gasteiger charge is -2.01. The van der Waals surface area contributed by atoms with Crippen LogP contribution in [0, 0.1) is 5.92 Å². The number of nitrogens with one attached hydrogen (secondary N) is 1. The Hall–Kier alpha value is -2.30. The predicted molar refractivity (Wildman–Crippen MR) is 71.9 cm³/mol. The zero-order valence-corrected chi connectivity index (χ0v) is 10.6. The van der Waals surface area contributed by atoms with Gasteiger partial charge in [-0.3, -0.25) is 9.78 Å². The molecule has 0 amide bonds. The average molecular weight is 261 g/mol. The first-order valence-corrected chi connectivity index (χ1v) is 6.08. The second-order valence-corrected chi connectivity index (χ2v) is 4.49. The summed E-state index contributed by atoms with van der Waals surface area (Å²) in [7, 11) is 0. The molecule has 1 aromatic heterocycles. The van der Waals surface area contributed by atoms with E-state index in [1.54, 1.807) is 19.1 Å². The Morgan fingerprint density at radius 3 is 3.05 bits per heavy atom. The van der Waals surface area contributed by atoms with Crippen LogP contribution in [0.25, 0.3) is 17.2 Å². The highest BCUT2D eigenvalue weighted by atomic mass is 16.4. The molecule has 0 radical (unpaired) electrons. The smallest absolute Gasteiger partial charge is 0.417 e. The zero-order chi connectivity index (χ0) is 13.8. The number of rotatable bonds is 5. The second-order valence-electron chi connectivity index (χ2n) is 4.49. The number of allylic oxidation sites excluding steroid dienone is 1. The van der Waals surface area contributed by atoms with Crippen molar-refractivity contribution in [2.24, 2.45) is 5.92 Å². The first kappa shape index (κ1) is 13.1. The third-order valence-electron chi connectivity index (χ3n) is 2.94. The highest BCUT2D eigenvalue weighted by molar-refractivity contribution is 5.75. The maximum Gasteiger partial charge on any atom is 0.417 e. The SMILES string of the molecule is CC(CC/C=C/c1ccc2[nH]c(=O)oc2c1)C(=O)O. The highest BCUT2D eigenvalue weighted by Gasteiger charge is 2.08. The number of fused-ring (bicyclic) bond motifs is 1. The number of carboxylic acids is 1. The van der Waals surface area contributed by atoms with Gasteiger partial charge in [-0.25, -0.2) is 4.79 Å². The van der Waals surface area contributed by atoms with Gasteiger partial charge in [0.05, 0.1) is 11.4 Å². The summed E-state index contributed by atoms with van der Waals surface area (Å²) < 4.78 is 4.96. The average Bonchev–Trinajstić information content (AvgIpc) is 2.73. The Kier molecular flexibility index (Phi) is 3.85. The molecule has 0 aliphatic rings. The van der Waals surface area contributed by atoms with Gasteiger partial charge in [-0.05, 0) is 30.5 Å². The highest BCUT2D eigenvalue weighted by Crippen LogP contribution is 2.14. The third kappa shape index (κ3) is 3.34. The van der Waals surface area contributed by atoms with Crippen LogP contribution >= 0.6 is 0 Å². The molecule has 0 aliphatic carbocycles. The molecule has 5 heteroatoms. The van der Waals surface area contributed by atoms with Gasteiger partial charge in [-0.15, -0.1) is 0 Å². The Morgan fingerprint density at radius 2 is 2.32 bits per heavy atom. The Balaban J connectivity index is 2.00. The fraction of sp³-hybridized carbons (Fsp3) is 0.286. The van der Waals surface area contributed by atoms with Crippen LogP contribution in [0.1, 0.15) is 25.3 Å². The van der Waals surface area contributed by atoms with Crippen LogP contribution in [-0.4, -0.2) is 16.1 Å². The molecule has 5 nitrogen and oxygen atoms in total. The first-order valence-electron chi connectivity index (χ1n) is 6.08. The molecule has 0 fully saturated rings. The van der Waals surface area contributed by atoms with Crippen LogP contribution < -0.4 is 5.76 Å². The minimum Gasteiger partial charge on any atom is -0.481 e. The fourth-order valence-electron chi connectivity index (χ4n) is 1.75. The van der Waals surface area contributed by atoms with E-state index in [0.29, 0.717) is 23.9 Å². The molecule has 2 rings (SSSR count). The normalized spacial score (nSPS) is 13.1. The van der Waals surface area contributed by atoms with E-state index in [0.717, 1.165) is 5.56 Å². The topological polar surface area (TPSA) is 83.3 Å². The number of carbonyl (C=O) groups is 1. The number of aromatic amines is 1. The maximum atomic E-state index is 11.0. The number of aromatic nitrogens is 1. The summed E-state index contributed by atoms with van der Waals surface area (Å²) >= 11 is 0. The third-order valence-corrected chi connectivity index (χ3v) is 2.94. The van der Waals surface area contributed by atoms with Gasteiger partial charge in [0.1, 0.15) is 0 Å². The summed E-state index contributed by atoms with van der Waals surface area (Å²) in [6, 6.07) is 5.41. The van der Waals surface area contributed by atoms with E-state index in [-0.39, 0.29) is 5.92 Å². The van der Waals surface area contributed by atoms with Crippen molar-refractivity contribution >= 4 is 23.1 Å². The van der Waals surface area contributed by atoms with Crippen molar-refractivity contribution < 1.29 is 14.3 Å². The van der Waals surface area contributed by atoms with Crippen molar-refractivity contribution in [1.82, 2.24) is 4.98 Å². The van der Waals surface area contributed by atoms with Crippen molar-refractivity contribution in [2.45, 2.75) is 19.8 Å². The van der Waals surface area contributed by atoms with Crippen LogP contribution in [0.4, 0.5) is 0 Å². The number of carboxylic acid groups (broad SMARTS) is 1. The van der Waals surface area contributed by atoms with Crippen molar-refractivity contribution in [3.63, 3.8) is 0 Å². The lowest BCUT2D eigenvalue weighted by molar-refractivity contribution is -0.141. The second kappa shape index (κ2) is 5.56. The van der Waals surface area contributed by atoms with Crippen molar-refractivity contribution in [3.05, 3.63) is 40.4 Å². The van der Waals surface area contributed by atoms with Gasteiger partial charge in [0.2, 0.25) is 0 Å². The molecule has 1 unspecified atom stereocenters. The standard InChI is InChI=1S/C14H15NO4/c1-9(13(16)17)4-2-3-5-10-6-7-11-12(8-10)19-14(18)15-11/h3,5-9H,2,4H2,1H3,(H,15,18)(H,16,17)/b5-3+. The molecule has 1 heterocycles. The van der Waals surface area contributed by atoms with Crippen LogP contribution in [0.15, 0.2) is 33.5 Å². The van der Waals surface area contributed by atoms with E-state index in [4.69, 9.17) is 9.52 Å². The van der Waals surface area contributed by atoms with Crippen LogP contribution in [0.2, 0.25) is 0 Å². The van der Waals surface area contributed by atoms with E-state index in [2.05, 4.69) is 4.98 Å². The molecular weight excluding hydrogens is 246 g/mol. The Morgan fingerprint density at radius 1 is 1.53 bits per heavy atom. The van der Waals surface area contributed by atoms with Crippen LogP contribution in [-0.2, 0) is 4.79 Å². The van der Waals surface area contributed by atoms with Crippen molar-refractivity contribution in [1.29, 1.82) is 0 Å². The summed E-state index contributed by atoms with van der Waals surface area (Å²) in [5, 5.41) is 8.75. The molecule has 0 aliphatic heterocycles. The lowest BCUT2D eigenvalue weighted by atomic mass is 10.1. The van der Waals surface area contributed by atoms with Crippen LogP contribution in [0.3, 0.4) is 0 Å². The van der Waals surface area contributed by atoms with Gasteiger partial charge >= 0.3 is 11.7 Å². The molecule has 0 saturated carbocycles. The summed E-state index contributed by atoms with van der Waals surface area (Å²) in [6.07, 6.45) is 5.11. The molecular formula is C14H15NO4. The van der Waals surface area contributed by atoms with E-state index < -0.39 is 11.7 Å². The maximum absolute atomic E-state index is 11.0. The fourth-order valence-corrected chi connectivity index (χ4v) is 1.75. The molecule has 1 aromatic carbocycles. The number of hydrogen-bond donors (Lipinski definition) is 2. The molecule has 0 bridgehead atoms. The predicted octanol–water partition coefficient (Wildman–Crippen LogP) is 2.64. The van der Waals surface area contributed by atoms with Gasteiger partial charge in [0, 0.05) is 0 Å².